The van der Waals surface area contributed by atoms with Crippen molar-refractivity contribution in [3.05, 3.63) is 35.4 Å². The maximum absolute atomic E-state index is 12.6. The molecule has 0 unspecified atom stereocenters. The van der Waals surface area contributed by atoms with Crippen LogP contribution in [0.1, 0.15) is 73.4 Å². The Bertz CT molecular complexity index is 1700. The van der Waals surface area contributed by atoms with Gasteiger partial charge in [0.2, 0.25) is 0 Å². The third-order valence-corrected chi connectivity index (χ3v) is 6.48. The maximum atomic E-state index is 12.6. The van der Waals surface area contributed by atoms with Crippen LogP contribution in [0.3, 0.4) is 0 Å². The van der Waals surface area contributed by atoms with E-state index in [0.717, 1.165) is 0 Å². The Labute approximate surface area is 286 Å². The average molecular weight is 685 g/mol. The standard InChI is InChI=1S/C36H48N2O11/c1-34(2,3)47-31(40)18-44-28-13-22-21(12-27(28)43-11-10-39)25(16-37)23-14-29(45-19-32(41)48-35(4,5)6)30(15-24(23)26(22)17-38)46-20-33(42)49-36(7,8)9/h10,12-15H,11,16-20,37-38H2,1-9H3. The topological polar surface area (TPSA) is 185 Å². The van der Waals surface area contributed by atoms with Crippen molar-refractivity contribution in [2.45, 2.75) is 92.2 Å². The first-order chi connectivity index (χ1) is 22.7. The van der Waals surface area contributed by atoms with Crippen LogP contribution in [-0.4, -0.2) is 67.4 Å². The van der Waals surface area contributed by atoms with Crippen LogP contribution in [-0.2, 0) is 46.5 Å². The van der Waals surface area contributed by atoms with Gasteiger partial charge in [-0.3, -0.25) is 4.79 Å². The predicted octanol–water partition coefficient (Wildman–Crippen LogP) is 4.65. The first kappa shape index (κ1) is 38.8. The summed E-state index contributed by atoms with van der Waals surface area (Å²) in [5.74, 6) is -1.16. The number of carbonyl (C=O) groups excluding carboxylic acids is 4. The largest absolute Gasteiger partial charge is 0.482 e. The number of esters is 3. The van der Waals surface area contributed by atoms with Crippen LogP contribution in [0.5, 0.6) is 23.0 Å². The molecule has 4 N–H and O–H groups in total. The van der Waals surface area contributed by atoms with E-state index in [2.05, 4.69) is 0 Å². The lowest BCUT2D eigenvalue weighted by Gasteiger charge is -2.23. The molecule has 3 rings (SSSR count). The molecule has 0 aliphatic rings. The summed E-state index contributed by atoms with van der Waals surface area (Å²) in [6.45, 7) is 14.2. The number of aldehydes is 1. The Morgan fingerprint density at radius 1 is 0.531 bits per heavy atom. The second kappa shape index (κ2) is 15.7. The number of carbonyl (C=O) groups is 4. The highest BCUT2D eigenvalue weighted by molar-refractivity contribution is 6.08. The van der Waals surface area contributed by atoms with E-state index in [1.807, 2.05) is 0 Å². The summed E-state index contributed by atoms with van der Waals surface area (Å²) < 4.78 is 39.5. The van der Waals surface area contributed by atoms with Crippen molar-refractivity contribution in [1.29, 1.82) is 0 Å². The Kier molecular flexibility index (Phi) is 12.5. The van der Waals surface area contributed by atoms with Gasteiger partial charge in [-0.05, 0) is 119 Å². The minimum atomic E-state index is -0.737. The van der Waals surface area contributed by atoms with Gasteiger partial charge in [0.25, 0.3) is 0 Å². The van der Waals surface area contributed by atoms with Gasteiger partial charge in [0, 0.05) is 13.1 Å². The summed E-state index contributed by atoms with van der Waals surface area (Å²) in [4.78, 5) is 48.8. The summed E-state index contributed by atoms with van der Waals surface area (Å²) >= 11 is 0. The zero-order chi connectivity index (χ0) is 36.7. The molecule has 0 saturated heterocycles. The number of nitrogens with two attached hydrogens (primary N) is 2. The molecule has 0 heterocycles. The minimum Gasteiger partial charge on any atom is -0.482 e. The summed E-state index contributed by atoms with van der Waals surface area (Å²) in [5.41, 5.74) is 11.8. The molecule has 0 saturated carbocycles. The molecular formula is C36H48N2O11. The fraction of sp³-hybridized carbons (Fsp3) is 0.500. The lowest BCUT2D eigenvalue weighted by Crippen LogP contribution is -2.28. The average Bonchev–Trinajstić information content (AvgIpc) is 2.96. The normalized spacial score (nSPS) is 12.0. The molecule has 13 heteroatoms. The predicted molar refractivity (Wildman–Crippen MR) is 183 cm³/mol. The van der Waals surface area contributed by atoms with Gasteiger partial charge in [-0.1, -0.05) is 0 Å². The van der Waals surface area contributed by atoms with E-state index >= 15 is 0 Å². The molecule has 0 atom stereocenters. The fourth-order valence-corrected chi connectivity index (χ4v) is 4.95. The van der Waals surface area contributed by atoms with Crippen LogP contribution in [0.25, 0.3) is 21.5 Å². The van der Waals surface area contributed by atoms with Gasteiger partial charge in [-0.25, -0.2) is 14.4 Å². The van der Waals surface area contributed by atoms with Crippen molar-refractivity contribution in [3.63, 3.8) is 0 Å². The molecule has 3 aromatic rings. The molecule has 268 valence electrons. The van der Waals surface area contributed by atoms with E-state index in [4.69, 9.17) is 44.6 Å². The van der Waals surface area contributed by atoms with Gasteiger partial charge in [-0.15, -0.1) is 0 Å². The molecule has 0 aliphatic heterocycles. The third-order valence-electron chi connectivity index (χ3n) is 6.48. The van der Waals surface area contributed by atoms with Gasteiger partial charge < -0.3 is 44.6 Å². The number of fused-ring (bicyclic) bond motifs is 2. The van der Waals surface area contributed by atoms with E-state index in [-0.39, 0.29) is 42.7 Å². The molecule has 0 bridgehead atoms. The number of hydrogen-bond donors (Lipinski definition) is 2. The number of ether oxygens (including phenoxy) is 7. The number of hydrogen-bond acceptors (Lipinski definition) is 13. The fourth-order valence-electron chi connectivity index (χ4n) is 4.95. The molecule has 0 radical (unpaired) electrons. The van der Waals surface area contributed by atoms with Crippen LogP contribution < -0.4 is 30.4 Å². The Morgan fingerprint density at radius 3 is 1.02 bits per heavy atom. The molecule has 0 fully saturated rings. The van der Waals surface area contributed by atoms with E-state index in [1.54, 1.807) is 86.6 Å². The highest BCUT2D eigenvalue weighted by Crippen LogP contribution is 2.43. The van der Waals surface area contributed by atoms with Crippen LogP contribution in [0, 0.1) is 0 Å². The molecular weight excluding hydrogens is 636 g/mol. The molecule has 13 nitrogen and oxygen atoms in total. The van der Waals surface area contributed by atoms with Crippen LogP contribution in [0.4, 0.5) is 0 Å². The van der Waals surface area contributed by atoms with Crippen molar-refractivity contribution in [2.75, 3.05) is 26.4 Å². The summed E-state index contributed by atoms with van der Waals surface area (Å²) in [6.07, 6.45) is 0.588. The summed E-state index contributed by atoms with van der Waals surface area (Å²) in [7, 11) is 0. The monoisotopic (exact) mass is 684 g/mol. The van der Waals surface area contributed by atoms with Crippen LogP contribution >= 0.6 is 0 Å². The van der Waals surface area contributed by atoms with Gasteiger partial charge in [0.15, 0.2) is 49.1 Å². The highest BCUT2D eigenvalue weighted by Gasteiger charge is 2.24. The van der Waals surface area contributed by atoms with Crippen molar-refractivity contribution in [2.24, 2.45) is 11.5 Å². The molecule has 0 spiro atoms. The Balaban J connectivity index is 2.23. The van der Waals surface area contributed by atoms with E-state index < -0.39 is 54.5 Å². The molecule has 3 aromatic carbocycles. The quantitative estimate of drug-likeness (QED) is 0.104. The van der Waals surface area contributed by atoms with Crippen LogP contribution in [0.2, 0.25) is 0 Å². The smallest absolute Gasteiger partial charge is 0.344 e. The van der Waals surface area contributed by atoms with Crippen molar-refractivity contribution < 1.29 is 52.3 Å². The van der Waals surface area contributed by atoms with Gasteiger partial charge in [0.1, 0.15) is 23.4 Å². The Hall–Kier alpha value is -4.62. The number of benzene rings is 3. The molecule has 0 aromatic heterocycles. The first-order valence-electron chi connectivity index (χ1n) is 15.8. The molecule has 49 heavy (non-hydrogen) atoms. The van der Waals surface area contributed by atoms with Gasteiger partial charge in [-0.2, -0.15) is 0 Å². The highest BCUT2D eigenvalue weighted by atomic mass is 16.6. The van der Waals surface area contributed by atoms with Crippen molar-refractivity contribution >= 4 is 45.7 Å². The lowest BCUT2D eigenvalue weighted by atomic mass is 9.90. The number of rotatable bonds is 14. The van der Waals surface area contributed by atoms with E-state index in [0.29, 0.717) is 39.0 Å². The zero-order valence-corrected chi connectivity index (χ0v) is 29.8. The van der Waals surface area contributed by atoms with Crippen molar-refractivity contribution in [3.8, 4) is 23.0 Å². The zero-order valence-electron chi connectivity index (χ0n) is 29.8. The van der Waals surface area contributed by atoms with E-state index in [1.165, 1.54) is 0 Å². The summed E-state index contributed by atoms with van der Waals surface area (Å²) in [5, 5.41) is 2.53. The second-order valence-electron chi connectivity index (χ2n) is 14.2. The SMILES string of the molecule is CC(C)(C)OC(=O)COc1cc2c(CN)c3cc(OCC(=O)OC(C)(C)C)c(OCC(=O)OC(C)(C)C)cc3c(CN)c2cc1OCC=O. The van der Waals surface area contributed by atoms with Gasteiger partial charge in [0.05, 0.1) is 0 Å². The molecule has 0 aliphatic carbocycles. The second-order valence-corrected chi connectivity index (χ2v) is 14.2. The van der Waals surface area contributed by atoms with E-state index in [9.17, 15) is 19.2 Å². The summed E-state index contributed by atoms with van der Waals surface area (Å²) in [6, 6.07) is 6.64. The Morgan fingerprint density at radius 2 is 0.796 bits per heavy atom. The lowest BCUT2D eigenvalue weighted by molar-refractivity contribution is -0.158. The maximum Gasteiger partial charge on any atom is 0.344 e. The molecule has 0 amide bonds. The third kappa shape index (κ3) is 11.2. The van der Waals surface area contributed by atoms with Gasteiger partial charge >= 0.3 is 17.9 Å². The van der Waals surface area contributed by atoms with Crippen molar-refractivity contribution in [1.82, 2.24) is 0 Å². The van der Waals surface area contributed by atoms with Crippen LogP contribution in [0.15, 0.2) is 24.3 Å². The first-order valence-corrected chi connectivity index (χ1v) is 15.8. The minimum absolute atomic E-state index is 0.0432.